The van der Waals surface area contributed by atoms with Crippen LogP contribution < -0.4 is 5.32 Å². The second-order valence-corrected chi connectivity index (χ2v) is 6.30. The minimum absolute atomic E-state index is 0.206. The first kappa shape index (κ1) is 19.1. The highest BCUT2D eigenvalue weighted by Gasteiger charge is 2.16. The van der Waals surface area contributed by atoms with E-state index in [0.29, 0.717) is 38.7 Å². The predicted octanol–water partition coefficient (Wildman–Crippen LogP) is 4.22. The van der Waals surface area contributed by atoms with Gasteiger partial charge in [-0.2, -0.15) is 0 Å². The number of carbonyl (C=O) groups excluding carboxylic acids is 1. The van der Waals surface area contributed by atoms with Crippen molar-refractivity contribution in [2.24, 2.45) is 0 Å². The lowest BCUT2D eigenvalue weighted by atomic mass is 10.1. The number of benzene rings is 2. The molecule has 0 saturated heterocycles. The van der Waals surface area contributed by atoms with E-state index in [9.17, 15) is 4.79 Å². The Morgan fingerprint density at radius 3 is 2.63 bits per heavy atom. The molecule has 0 aliphatic rings. The highest BCUT2D eigenvalue weighted by Crippen LogP contribution is 2.24. The van der Waals surface area contributed by atoms with Crippen LogP contribution in [0.3, 0.4) is 0 Å². The molecular weight excluding hydrogens is 342 g/mol. The summed E-state index contributed by atoms with van der Waals surface area (Å²) in [6.45, 7) is 6.69. The minimum Gasteiger partial charge on any atom is -0.451 e. The molecule has 0 saturated carbocycles. The van der Waals surface area contributed by atoms with E-state index < -0.39 is 0 Å². The Labute approximate surface area is 159 Å². The van der Waals surface area contributed by atoms with Crippen molar-refractivity contribution in [2.45, 2.75) is 27.0 Å². The Morgan fingerprint density at radius 2 is 1.81 bits per heavy atom. The van der Waals surface area contributed by atoms with Gasteiger partial charge < -0.3 is 19.2 Å². The molecule has 3 rings (SSSR count). The van der Waals surface area contributed by atoms with Crippen molar-refractivity contribution in [1.82, 2.24) is 5.32 Å². The fraction of sp³-hybridized carbons (Fsp3) is 0.318. The van der Waals surface area contributed by atoms with E-state index in [1.165, 1.54) is 0 Å². The lowest BCUT2D eigenvalue weighted by Crippen LogP contribution is -2.23. The lowest BCUT2D eigenvalue weighted by Gasteiger charge is -2.08. The predicted molar refractivity (Wildman–Crippen MR) is 105 cm³/mol. The van der Waals surface area contributed by atoms with E-state index in [1.54, 1.807) is 0 Å². The maximum Gasteiger partial charge on any atom is 0.287 e. The Morgan fingerprint density at radius 1 is 1.04 bits per heavy atom. The van der Waals surface area contributed by atoms with Crippen molar-refractivity contribution in [1.29, 1.82) is 0 Å². The molecule has 0 bridgehead atoms. The maximum atomic E-state index is 12.5. The molecule has 3 aromatic rings. The summed E-state index contributed by atoms with van der Waals surface area (Å²) in [5.74, 6) is 0.161. The fourth-order valence-electron chi connectivity index (χ4n) is 2.94. The van der Waals surface area contributed by atoms with Gasteiger partial charge in [0.2, 0.25) is 0 Å². The third kappa shape index (κ3) is 4.96. The van der Waals surface area contributed by atoms with Gasteiger partial charge in [-0.25, -0.2) is 0 Å². The molecule has 2 aromatic carbocycles. The molecule has 27 heavy (non-hydrogen) atoms. The number of furan rings is 1. The Balaban J connectivity index is 1.57. The average Bonchev–Trinajstić information content (AvgIpc) is 3.03. The molecule has 0 aliphatic heterocycles. The zero-order chi connectivity index (χ0) is 19.1. The van der Waals surface area contributed by atoms with Crippen LogP contribution in [0.25, 0.3) is 11.0 Å². The molecule has 0 spiro atoms. The highest BCUT2D eigenvalue weighted by molar-refractivity contribution is 5.98. The van der Waals surface area contributed by atoms with Crippen molar-refractivity contribution in [2.75, 3.05) is 19.8 Å². The molecule has 1 heterocycles. The second-order valence-electron chi connectivity index (χ2n) is 6.30. The summed E-state index contributed by atoms with van der Waals surface area (Å²) in [6, 6.07) is 15.7. The molecular formula is C22H25NO4. The van der Waals surface area contributed by atoms with Crippen LogP contribution in [0.15, 0.2) is 52.9 Å². The number of hydrogen-bond acceptors (Lipinski definition) is 4. The largest absolute Gasteiger partial charge is 0.451 e. The summed E-state index contributed by atoms with van der Waals surface area (Å²) in [6.07, 6.45) is 0. The van der Waals surface area contributed by atoms with Crippen LogP contribution in [0, 0.1) is 6.92 Å². The zero-order valence-electron chi connectivity index (χ0n) is 15.8. The fourth-order valence-corrected chi connectivity index (χ4v) is 2.94. The first-order valence-corrected chi connectivity index (χ1v) is 9.18. The smallest absolute Gasteiger partial charge is 0.287 e. The molecule has 0 atom stereocenters. The number of hydrogen-bond donors (Lipinski definition) is 1. The van der Waals surface area contributed by atoms with Gasteiger partial charge in [-0.1, -0.05) is 42.5 Å². The number of ether oxygens (including phenoxy) is 2. The molecule has 142 valence electrons. The molecule has 5 heteroatoms. The van der Waals surface area contributed by atoms with Crippen molar-refractivity contribution in [3.63, 3.8) is 0 Å². The summed E-state index contributed by atoms with van der Waals surface area (Å²) in [5, 5.41) is 3.90. The van der Waals surface area contributed by atoms with Gasteiger partial charge in [-0.05, 0) is 31.0 Å². The van der Waals surface area contributed by atoms with E-state index in [2.05, 4.69) is 5.32 Å². The number of fused-ring (bicyclic) bond motifs is 1. The van der Waals surface area contributed by atoms with E-state index in [4.69, 9.17) is 13.9 Å². The zero-order valence-corrected chi connectivity index (χ0v) is 15.8. The van der Waals surface area contributed by atoms with Crippen LogP contribution in [0.4, 0.5) is 0 Å². The Bertz CT molecular complexity index is 900. The minimum atomic E-state index is -0.206. The lowest BCUT2D eigenvalue weighted by molar-refractivity contribution is 0.0453. The molecule has 1 aromatic heterocycles. The van der Waals surface area contributed by atoms with Gasteiger partial charge in [0.15, 0.2) is 5.76 Å². The monoisotopic (exact) mass is 367 g/mol. The van der Waals surface area contributed by atoms with Crippen molar-refractivity contribution in [3.8, 4) is 0 Å². The van der Waals surface area contributed by atoms with E-state index in [0.717, 1.165) is 27.7 Å². The quantitative estimate of drug-likeness (QED) is 0.575. The van der Waals surface area contributed by atoms with E-state index in [1.807, 2.05) is 62.4 Å². The first-order valence-electron chi connectivity index (χ1n) is 9.18. The summed E-state index contributed by atoms with van der Waals surface area (Å²) in [4.78, 5) is 12.5. The third-order valence-electron chi connectivity index (χ3n) is 4.34. The van der Waals surface area contributed by atoms with Gasteiger partial charge >= 0.3 is 0 Å². The third-order valence-corrected chi connectivity index (χ3v) is 4.34. The molecule has 0 radical (unpaired) electrons. The number of nitrogens with one attached hydrogen (secondary N) is 1. The molecule has 1 amide bonds. The summed E-state index contributed by atoms with van der Waals surface area (Å²) in [5.41, 5.74) is 3.67. The molecule has 0 fully saturated rings. The van der Waals surface area contributed by atoms with Gasteiger partial charge in [0.05, 0.1) is 19.8 Å². The maximum absolute atomic E-state index is 12.5. The Hall–Kier alpha value is -2.63. The summed E-state index contributed by atoms with van der Waals surface area (Å²) >= 11 is 0. The molecule has 0 aliphatic carbocycles. The SMILES string of the molecule is CCOCCOCc1cccc(CNC(=O)c2oc3ccccc3c2C)c1. The standard InChI is InChI=1S/C22H25NO4/c1-3-25-11-12-26-15-18-8-6-7-17(13-18)14-23-22(24)21-16(2)19-9-4-5-10-20(19)27-21/h4-10,13H,3,11-12,14-15H2,1-2H3,(H,23,24). The van der Waals surface area contributed by atoms with Gasteiger partial charge in [0.1, 0.15) is 5.58 Å². The normalized spacial score (nSPS) is 11.0. The summed E-state index contributed by atoms with van der Waals surface area (Å²) < 4.78 is 16.6. The number of para-hydroxylation sites is 1. The highest BCUT2D eigenvalue weighted by atomic mass is 16.5. The van der Waals surface area contributed by atoms with Gasteiger partial charge in [0, 0.05) is 24.1 Å². The first-order chi connectivity index (χ1) is 13.2. The van der Waals surface area contributed by atoms with Gasteiger partial charge in [0.25, 0.3) is 5.91 Å². The van der Waals surface area contributed by atoms with Crippen LogP contribution in [0.2, 0.25) is 0 Å². The average molecular weight is 367 g/mol. The van der Waals surface area contributed by atoms with Gasteiger partial charge in [-0.3, -0.25) is 4.79 Å². The van der Waals surface area contributed by atoms with E-state index >= 15 is 0 Å². The van der Waals surface area contributed by atoms with Crippen LogP contribution in [0.1, 0.15) is 34.2 Å². The topological polar surface area (TPSA) is 60.7 Å². The van der Waals surface area contributed by atoms with Crippen LogP contribution >= 0.6 is 0 Å². The van der Waals surface area contributed by atoms with Gasteiger partial charge in [-0.15, -0.1) is 0 Å². The summed E-state index contributed by atoms with van der Waals surface area (Å²) in [7, 11) is 0. The van der Waals surface area contributed by atoms with Crippen LogP contribution in [-0.2, 0) is 22.6 Å². The van der Waals surface area contributed by atoms with Crippen LogP contribution in [0.5, 0.6) is 0 Å². The number of amides is 1. The second kappa shape index (κ2) is 9.35. The van der Waals surface area contributed by atoms with Crippen LogP contribution in [-0.4, -0.2) is 25.7 Å². The van der Waals surface area contributed by atoms with Crippen molar-refractivity contribution in [3.05, 3.63) is 71.0 Å². The molecule has 0 unspecified atom stereocenters. The molecule has 1 N–H and O–H groups in total. The van der Waals surface area contributed by atoms with E-state index in [-0.39, 0.29) is 5.91 Å². The number of carbonyl (C=O) groups is 1. The number of aryl methyl sites for hydroxylation is 1. The van der Waals surface area contributed by atoms with Crippen molar-refractivity contribution >= 4 is 16.9 Å². The van der Waals surface area contributed by atoms with Crippen molar-refractivity contribution < 1.29 is 18.7 Å². The Kier molecular flexibility index (Phi) is 6.63. The molecule has 5 nitrogen and oxygen atoms in total. The number of rotatable bonds is 9.